The van der Waals surface area contributed by atoms with Crippen molar-refractivity contribution in [1.82, 2.24) is 14.6 Å². The van der Waals surface area contributed by atoms with Gasteiger partial charge in [-0.1, -0.05) is 25.3 Å². The van der Waals surface area contributed by atoms with E-state index in [9.17, 15) is 18.3 Å². The number of alkyl halides is 3. The Balaban J connectivity index is 2.35. The Morgan fingerprint density at radius 2 is 1.90 bits per heavy atom. The van der Waals surface area contributed by atoms with Gasteiger partial charge in [0.1, 0.15) is 6.10 Å². The third-order valence-corrected chi connectivity index (χ3v) is 4.38. The molecule has 4 nitrogen and oxygen atoms in total. The van der Waals surface area contributed by atoms with E-state index >= 15 is 0 Å². The summed E-state index contributed by atoms with van der Waals surface area (Å²) in [6.45, 7) is 5.69. The van der Waals surface area contributed by atoms with E-state index < -0.39 is 17.3 Å². The molecule has 0 aliphatic carbocycles. The monoisotopic (exact) mass is 323 g/mol. The molecule has 1 atom stereocenters. The number of halogens is 3. The van der Waals surface area contributed by atoms with E-state index in [1.807, 2.05) is 20.8 Å². The van der Waals surface area contributed by atoms with Gasteiger partial charge in [0.15, 0.2) is 5.01 Å². The fourth-order valence-corrected chi connectivity index (χ4v) is 3.29. The van der Waals surface area contributed by atoms with Crippen molar-refractivity contribution in [3.05, 3.63) is 26.7 Å². The van der Waals surface area contributed by atoms with E-state index in [1.165, 1.54) is 0 Å². The molecule has 110 valence electrons. The molecule has 0 spiro atoms. The second-order valence-corrected chi connectivity index (χ2v) is 7.05. The molecule has 0 radical (unpaired) electrons. The predicted octanol–water partition coefficient (Wildman–Crippen LogP) is 3.39. The molecule has 0 saturated carbocycles. The van der Waals surface area contributed by atoms with Crippen molar-refractivity contribution in [2.24, 2.45) is 0 Å². The lowest BCUT2D eigenvalue weighted by Gasteiger charge is -2.18. The second kappa shape index (κ2) is 5.05. The van der Waals surface area contributed by atoms with Crippen molar-refractivity contribution in [1.29, 1.82) is 0 Å². The number of hydrogen-bond donors (Lipinski definition) is 1. The molecule has 2 heterocycles. The van der Waals surface area contributed by atoms with Gasteiger partial charge in [-0.15, -0.1) is 16.4 Å². The van der Waals surface area contributed by atoms with Crippen LogP contribution >= 0.6 is 22.9 Å². The molecule has 9 heteroatoms. The average Bonchev–Trinajstić information content (AvgIpc) is 2.95. The highest BCUT2D eigenvalue weighted by molar-refractivity contribution is 7.12. The molecule has 0 bridgehead atoms. The molecule has 1 N–H and O–H groups in total. The molecule has 2 aromatic rings. The van der Waals surface area contributed by atoms with Crippen LogP contribution < -0.4 is 0 Å². The van der Waals surface area contributed by atoms with E-state index in [0.29, 0.717) is 21.9 Å². The molecule has 0 amide bonds. The minimum atomic E-state index is -4.50. The third-order valence-electron chi connectivity index (χ3n) is 2.51. The zero-order valence-corrected chi connectivity index (χ0v) is 12.5. The molecule has 0 saturated heterocycles. The highest BCUT2D eigenvalue weighted by atomic mass is 32.1. The SMILES string of the molecule is CC(C)(C)c1nnsc1C(O)c1cnc(C(F)(F)F)s1. The molecular weight excluding hydrogens is 311 g/mol. The minimum Gasteiger partial charge on any atom is -0.382 e. The molecule has 2 rings (SSSR count). The Morgan fingerprint density at radius 3 is 2.40 bits per heavy atom. The molecule has 0 aromatic carbocycles. The number of aliphatic hydroxyl groups is 1. The Labute approximate surface area is 121 Å². The summed E-state index contributed by atoms with van der Waals surface area (Å²) in [7, 11) is 0. The van der Waals surface area contributed by atoms with Gasteiger partial charge in [-0.3, -0.25) is 0 Å². The van der Waals surface area contributed by atoms with Crippen molar-refractivity contribution in [3.63, 3.8) is 0 Å². The Kier molecular flexibility index (Phi) is 3.87. The lowest BCUT2D eigenvalue weighted by atomic mass is 9.90. The first kappa shape index (κ1) is 15.3. The summed E-state index contributed by atoms with van der Waals surface area (Å²) >= 11 is 1.41. The van der Waals surface area contributed by atoms with Gasteiger partial charge < -0.3 is 5.11 Å². The van der Waals surface area contributed by atoms with Gasteiger partial charge in [0.25, 0.3) is 0 Å². The summed E-state index contributed by atoms with van der Waals surface area (Å²) in [6.07, 6.45) is -4.64. The van der Waals surface area contributed by atoms with E-state index in [0.717, 1.165) is 17.7 Å². The maximum atomic E-state index is 12.5. The van der Waals surface area contributed by atoms with Crippen LogP contribution in [0.4, 0.5) is 13.2 Å². The molecule has 20 heavy (non-hydrogen) atoms. The van der Waals surface area contributed by atoms with Gasteiger partial charge in [-0.05, 0) is 11.5 Å². The topological polar surface area (TPSA) is 58.9 Å². The van der Waals surface area contributed by atoms with Gasteiger partial charge in [-0.2, -0.15) is 13.2 Å². The molecule has 2 aromatic heterocycles. The maximum Gasteiger partial charge on any atom is 0.443 e. The molecule has 0 aliphatic heterocycles. The van der Waals surface area contributed by atoms with Crippen LogP contribution in [0, 0.1) is 0 Å². The fourth-order valence-electron chi connectivity index (χ4n) is 1.57. The molecule has 1 unspecified atom stereocenters. The van der Waals surface area contributed by atoms with Gasteiger partial charge in [-0.25, -0.2) is 4.98 Å². The van der Waals surface area contributed by atoms with Crippen LogP contribution in [0.15, 0.2) is 6.20 Å². The molecule has 0 aliphatic rings. The van der Waals surface area contributed by atoms with Gasteiger partial charge in [0.05, 0.1) is 15.4 Å². The highest BCUT2D eigenvalue weighted by Gasteiger charge is 2.36. The fraction of sp³-hybridized carbons (Fsp3) is 0.545. The summed E-state index contributed by atoms with van der Waals surface area (Å²) in [5.74, 6) is 0. The number of thiazole rings is 1. The Hall–Kier alpha value is -1.06. The van der Waals surface area contributed by atoms with Crippen molar-refractivity contribution in [3.8, 4) is 0 Å². The first-order chi connectivity index (χ1) is 9.10. The Morgan fingerprint density at radius 1 is 1.25 bits per heavy atom. The lowest BCUT2D eigenvalue weighted by molar-refractivity contribution is -0.137. The van der Waals surface area contributed by atoms with Crippen LogP contribution in [0.25, 0.3) is 0 Å². The van der Waals surface area contributed by atoms with E-state index in [-0.39, 0.29) is 10.3 Å². The number of hydrogen-bond acceptors (Lipinski definition) is 6. The maximum absolute atomic E-state index is 12.5. The number of aromatic nitrogens is 3. The largest absolute Gasteiger partial charge is 0.443 e. The van der Waals surface area contributed by atoms with Gasteiger partial charge >= 0.3 is 6.18 Å². The lowest BCUT2D eigenvalue weighted by Crippen LogP contribution is -2.15. The zero-order chi connectivity index (χ0) is 15.1. The van der Waals surface area contributed by atoms with Crippen molar-refractivity contribution < 1.29 is 18.3 Å². The first-order valence-electron chi connectivity index (χ1n) is 5.64. The zero-order valence-electron chi connectivity index (χ0n) is 10.9. The van der Waals surface area contributed by atoms with Crippen LogP contribution in [-0.4, -0.2) is 19.7 Å². The normalized spacial score (nSPS) is 14.6. The van der Waals surface area contributed by atoms with E-state index in [2.05, 4.69) is 14.6 Å². The smallest absolute Gasteiger partial charge is 0.382 e. The summed E-state index contributed by atoms with van der Waals surface area (Å²) < 4.78 is 41.3. The van der Waals surface area contributed by atoms with Crippen LogP contribution in [0.2, 0.25) is 0 Å². The van der Waals surface area contributed by atoms with Crippen LogP contribution in [0.3, 0.4) is 0 Å². The number of aliphatic hydroxyl groups excluding tert-OH is 1. The van der Waals surface area contributed by atoms with Crippen LogP contribution in [0.5, 0.6) is 0 Å². The van der Waals surface area contributed by atoms with E-state index in [1.54, 1.807) is 0 Å². The number of nitrogens with zero attached hydrogens (tertiary/aromatic N) is 3. The molecule has 0 fully saturated rings. The van der Waals surface area contributed by atoms with Crippen molar-refractivity contribution >= 4 is 22.9 Å². The average molecular weight is 323 g/mol. The van der Waals surface area contributed by atoms with Crippen molar-refractivity contribution in [2.75, 3.05) is 0 Å². The second-order valence-electron chi connectivity index (χ2n) is 5.20. The van der Waals surface area contributed by atoms with Crippen LogP contribution in [0.1, 0.15) is 47.3 Å². The first-order valence-corrected chi connectivity index (χ1v) is 7.23. The van der Waals surface area contributed by atoms with Crippen LogP contribution in [-0.2, 0) is 11.6 Å². The summed E-state index contributed by atoms with van der Waals surface area (Å²) in [5.41, 5.74) is 0.234. The summed E-state index contributed by atoms with van der Waals surface area (Å²) in [4.78, 5) is 3.89. The quantitative estimate of drug-likeness (QED) is 0.920. The van der Waals surface area contributed by atoms with E-state index in [4.69, 9.17) is 0 Å². The molecular formula is C11H12F3N3OS2. The van der Waals surface area contributed by atoms with Gasteiger partial charge in [0.2, 0.25) is 0 Å². The minimum absolute atomic E-state index is 0.133. The standard InChI is InChI=1S/C11H12F3N3OS2/c1-10(2,3)8-7(20-17-16-8)6(18)5-4-15-9(19-5)11(12,13)14/h4,6,18H,1-3H3. The third kappa shape index (κ3) is 2.99. The number of rotatable bonds is 2. The van der Waals surface area contributed by atoms with Gasteiger partial charge in [0, 0.05) is 11.6 Å². The highest BCUT2D eigenvalue weighted by Crippen LogP contribution is 2.38. The Bertz CT molecular complexity index is 601. The summed E-state index contributed by atoms with van der Waals surface area (Å²) in [5, 5.41) is 13.2. The predicted molar refractivity (Wildman–Crippen MR) is 69.8 cm³/mol. The summed E-state index contributed by atoms with van der Waals surface area (Å²) in [6, 6.07) is 0. The van der Waals surface area contributed by atoms with Crippen molar-refractivity contribution in [2.45, 2.75) is 38.5 Å².